The van der Waals surface area contributed by atoms with Crippen LogP contribution in [0.15, 0.2) is 36.0 Å². The van der Waals surface area contributed by atoms with Crippen LogP contribution in [0.5, 0.6) is 0 Å². The number of aliphatic carboxylic acids is 1. The number of hydrogen-bond acceptors (Lipinski definition) is 2. The first-order valence-electron chi connectivity index (χ1n) is 7.71. The minimum atomic E-state index is -0.862. The molecule has 0 spiro atoms. The minimum absolute atomic E-state index is 0.287. The predicted octanol–water partition coefficient (Wildman–Crippen LogP) is 2.91. The molecular weight excluding hydrogens is 250 g/mol. The molecule has 0 amide bonds. The number of carbonyl (C=O) groups is 1. The molecule has 1 heterocycles. The van der Waals surface area contributed by atoms with Gasteiger partial charge in [0.25, 0.3) is 0 Å². The van der Waals surface area contributed by atoms with Gasteiger partial charge >= 0.3 is 5.97 Å². The van der Waals surface area contributed by atoms with E-state index in [4.69, 9.17) is 5.11 Å². The Labute approximate surface area is 120 Å². The Bertz CT molecular complexity index is 467. The first-order valence-corrected chi connectivity index (χ1v) is 7.71. The number of rotatable bonds is 4. The third kappa shape index (κ3) is 2.73. The van der Waals surface area contributed by atoms with E-state index in [0.717, 1.165) is 31.3 Å². The molecule has 0 aromatic carbocycles. The molecule has 1 unspecified atom stereocenters. The van der Waals surface area contributed by atoms with E-state index in [-0.39, 0.29) is 5.41 Å². The van der Waals surface area contributed by atoms with E-state index < -0.39 is 5.97 Å². The van der Waals surface area contributed by atoms with Gasteiger partial charge in [0, 0.05) is 6.08 Å². The molecule has 20 heavy (non-hydrogen) atoms. The summed E-state index contributed by atoms with van der Waals surface area (Å²) < 4.78 is 0. The van der Waals surface area contributed by atoms with Crippen molar-refractivity contribution >= 4 is 5.97 Å². The average Bonchev–Trinajstić information content (AvgIpc) is 3.31. The molecule has 0 aromatic rings. The number of nitrogens with one attached hydrogen (secondary N) is 1. The molecular formula is C17H23NO2. The van der Waals surface area contributed by atoms with Gasteiger partial charge in [-0.25, -0.2) is 4.79 Å². The molecule has 3 rings (SSSR count). The molecule has 108 valence electrons. The summed E-state index contributed by atoms with van der Waals surface area (Å²) in [7, 11) is 0. The van der Waals surface area contributed by atoms with Crippen molar-refractivity contribution in [1.29, 1.82) is 0 Å². The van der Waals surface area contributed by atoms with Gasteiger partial charge in [-0.05, 0) is 68.0 Å². The molecule has 1 saturated heterocycles. The maximum absolute atomic E-state index is 10.7. The second-order valence-corrected chi connectivity index (χ2v) is 6.36. The molecule has 1 atom stereocenters. The monoisotopic (exact) mass is 273 g/mol. The van der Waals surface area contributed by atoms with Gasteiger partial charge in [0.2, 0.25) is 0 Å². The van der Waals surface area contributed by atoms with Crippen LogP contribution < -0.4 is 5.32 Å². The highest BCUT2D eigenvalue weighted by atomic mass is 16.4. The van der Waals surface area contributed by atoms with E-state index in [0.29, 0.717) is 0 Å². The second-order valence-electron chi connectivity index (χ2n) is 6.36. The van der Waals surface area contributed by atoms with E-state index in [9.17, 15) is 4.79 Å². The van der Waals surface area contributed by atoms with Crippen molar-refractivity contribution < 1.29 is 9.90 Å². The Morgan fingerprint density at radius 2 is 1.95 bits per heavy atom. The van der Waals surface area contributed by atoms with Crippen LogP contribution in [0.3, 0.4) is 0 Å². The summed E-state index contributed by atoms with van der Waals surface area (Å²) in [4.78, 5) is 10.7. The van der Waals surface area contributed by atoms with Gasteiger partial charge < -0.3 is 10.4 Å². The number of carboxylic acid groups (broad SMARTS) is 1. The fraction of sp³-hybridized carbons (Fsp3) is 0.588. The lowest BCUT2D eigenvalue weighted by Crippen LogP contribution is -2.40. The minimum Gasteiger partial charge on any atom is -0.478 e. The van der Waals surface area contributed by atoms with Crippen LogP contribution in [0.1, 0.15) is 32.1 Å². The summed E-state index contributed by atoms with van der Waals surface area (Å²) in [6.45, 7) is 2.24. The molecule has 1 saturated carbocycles. The molecule has 2 aliphatic carbocycles. The molecule has 2 N–H and O–H groups in total. The van der Waals surface area contributed by atoms with Gasteiger partial charge in [-0.2, -0.15) is 0 Å². The van der Waals surface area contributed by atoms with Gasteiger partial charge in [0.1, 0.15) is 0 Å². The highest BCUT2D eigenvalue weighted by Gasteiger charge is 2.48. The Balaban J connectivity index is 1.80. The highest BCUT2D eigenvalue weighted by molar-refractivity contribution is 5.80. The number of allylic oxidation sites excluding steroid dienone is 5. The van der Waals surface area contributed by atoms with Crippen LogP contribution in [-0.2, 0) is 4.79 Å². The summed E-state index contributed by atoms with van der Waals surface area (Å²) in [5.74, 6) is 0.692. The molecule has 2 fully saturated rings. The molecule has 0 radical (unpaired) electrons. The lowest BCUT2D eigenvalue weighted by atomic mass is 9.63. The predicted molar refractivity (Wildman–Crippen MR) is 79.4 cm³/mol. The Kier molecular flexibility index (Phi) is 3.79. The highest BCUT2D eigenvalue weighted by Crippen LogP contribution is 2.57. The van der Waals surface area contributed by atoms with Crippen molar-refractivity contribution in [1.82, 2.24) is 5.32 Å². The SMILES string of the molecule is O=C(O)C=CC1=CC=CC(C2CCNCC2)(C2CC2)C1. The standard InChI is InChI=1S/C17H23NO2/c19-16(20)6-3-13-2-1-9-17(12-13,14-4-5-14)15-7-10-18-11-8-15/h1-3,6,9,14-15,18H,4-5,7-8,10-12H2,(H,19,20). The third-order valence-corrected chi connectivity index (χ3v) is 5.10. The van der Waals surface area contributed by atoms with E-state index in [2.05, 4.69) is 23.5 Å². The number of hydrogen-bond donors (Lipinski definition) is 2. The summed E-state index contributed by atoms with van der Waals surface area (Å²) >= 11 is 0. The zero-order valence-electron chi connectivity index (χ0n) is 11.8. The Hall–Kier alpha value is -1.35. The molecule has 0 bridgehead atoms. The number of piperidine rings is 1. The Morgan fingerprint density at radius 1 is 1.25 bits per heavy atom. The first-order chi connectivity index (χ1) is 9.71. The number of carboxylic acids is 1. The largest absolute Gasteiger partial charge is 0.478 e. The summed E-state index contributed by atoms with van der Waals surface area (Å²) in [5.41, 5.74) is 1.45. The van der Waals surface area contributed by atoms with Crippen molar-refractivity contribution in [3.63, 3.8) is 0 Å². The van der Waals surface area contributed by atoms with Crippen LogP contribution in [0.4, 0.5) is 0 Å². The lowest BCUT2D eigenvalue weighted by molar-refractivity contribution is -0.131. The van der Waals surface area contributed by atoms with Gasteiger partial charge in [-0.1, -0.05) is 24.3 Å². The summed E-state index contributed by atoms with van der Waals surface area (Å²) in [5, 5.41) is 12.3. The van der Waals surface area contributed by atoms with Gasteiger partial charge in [-0.3, -0.25) is 0 Å². The third-order valence-electron chi connectivity index (χ3n) is 5.10. The molecule has 3 nitrogen and oxygen atoms in total. The van der Waals surface area contributed by atoms with Crippen molar-refractivity contribution in [2.75, 3.05) is 13.1 Å². The van der Waals surface area contributed by atoms with Crippen LogP contribution >= 0.6 is 0 Å². The second kappa shape index (κ2) is 5.57. The van der Waals surface area contributed by atoms with Gasteiger partial charge in [0.05, 0.1) is 0 Å². The van der Waals surface area contributed by atoms with Crippen molar-refractivity contribution in [3.8, 4) is 0 Å². The Morgan fingerprint density at radius 3 is 2.60 bits per heavy atom. The van der Waals surface area contributed by atoms with Crippen LogP contribution in [0, 0.1) is 17.3 Å². The van der Waals surface area contributed by atoms with Gasteiger partial charge in [0.15, 0.2) is 0 Å². The summed E-state index contributed by atoms with van der Waals surface area (Å²) in [6, 6.07) is 0. The van der Waals surface area contributed by atoms with Gasteiger partial charge in [-0.15, -0.1) is 0 Å². The summed E-state index contributed by atoms with van der Waals surface area (Å²) in [6.07, 6.45) is 15.9. The topological polar surface area (TPSA) is 49.3 Å². The molecule has 1 aliphatic heterocycles. The van der Waals surface area contributed by atoms with E-state index >= 15 is 0 Å². The first kappa shape index (κ1) is 13.6. The zero-order valence-corrected chi connectivity index (χ0v) is 11.8. The normalized spacial score (nSPS) is 31.5. The van der Waals surface area contributed by atoms with E-state index in [1.165, 1.54) is 37.3 Å². The maximum atomic E-state index is 10.7. The van der Waals surface area contributed by atoms with E-state index in [1.807, 2.05) is 0 Å². The molecule has 3 aliphatic rings. The van der Waals surface area contributed by atoms with Crippen LogP contribution in [0.25, 0.3) is 0 Å². The van der Waals surface area contributed by atoms with Crippen molar-refractivity contribution in [2.45, 2.75) is 32.1 Å². The average molecular weight is 273 g/mol. The fourth-order valence-electron chi connectivity index (χ4n) is 3.99. The van der Waals surface area contributed by atoms with Crippen LogP contribution in [-0.4, -0.2) is 24.2 Å². The quantitative estimate of drug-likeness (QED) is 0.774. The van der Waals surface area contributed by atoms with E-state index in [1.54, 1.807) is 6.08 Å². The van der Waals surface area contributed by atoms with Crippen LogP contribution in [0.2, 0.25) is 0 Å². The molecule has 3 heteroatoms. The van der Waals surface area contributed by atoms with Crippen molar-refractivity contribution in [3.05, 3.63) is 36.0 Å². The van der Waals surface area contributed by atoms with Crippen molar-refractivity contribution in [2.24, 2.45) is 17.3 Å². The molecule has 0 aromatic heterocycles. The lowest BCUT2D eigenvalue weighted by Gasteiger charge is -2.43. The zero-order chi connectivity index (χ0) is 14.0. The smallest absolute Gasteiger partial charge is 0.328 e. The maximum Gasteiger partial charge on any atom is 0.328 e. The fourth-order valence-corrected chi connectivity index (χ4v) is 3.99.